The van der Waals surface area contributed by atoms with Gasteiger partial charge in [-0.25, -0.2) is 8.42 Å². The Labute approximate surface area is 166 Å². The summed E-state index contributed by atoms with van der Waals surface area (Å²) in [5.41, 5.74) is 3.02. The van der Waals surface area contributed by atoms with E-state index in [1.54, 1.807) is 6.92 Å². The summed E-state index contributed by atoms with van der Waals surface area (Å²) in [5, 5.41) is 2.84. The molecule has 0 aliphatic heterocycles. The molecule has 1 N–H and O–H groups in total. The molecule has 1 amide bonds. The SMILES string of the molecule is CCS(=O)(=O)N(C)c1cc(OC)c(OC)cc1C(=O)Nc1cc(C)cc(C)c1. The first-order valence-electron chi connectivity index (χ1n) is 8.75. The average molecular weight is 407 g/mol. The molecular weight excluding hydrogens is 380 g/mol. The van der Waals surface area contributed by atoms with Crippen molar-refractivity contribution in [1.29, 1.82) is 0 Å². The summed E-state index contributed by atoms with van der Waals surface area (Å²) in [4.78, 5) is 13.0. The second kappa shape index (κ2) is 8.52. The average Bonchev–Trinajstić information content (AvgIpc) is 2.65. The Kier molecular flexibility index (Phi) is 6.56. The van der Waals surface area contributed by atoms with Crippen molar-refractivity contribution in [1.82, 2.24) is 0 Å². The summed E-state index contributed by atoms with van der Waals surface area (Å²) in [6, 6.07) is 8.66. The summed E-state index contributed by atoms with van der Waals surface area (Å²) in [6.07, 6.45) is 0. The molecule has 0 fully saturated rings. The Morgan fingerprint density at radius 2 is 1.54 bits per heavy atom. The number of carbonyl (C=O) groups is 1. The van der Waals surface area contributed by atoms with Crippen LogP contribution in [0.3, 0.4) is 0 Å². The fourth-order valence-electron chi connectivity index (χ4n) is 2.90. The molecule has 0 spiro atoms. The predicted molar refractivity (Wildman–Crippen MR) is 111 cm³/mol. The highest BCUT2D eigenvalue weighted by atomic mass is 32.2. The molecule has 0 saturated heterocycles. The van der Waals surface area contributed by atoms with Crippen LogP contribution in [0.4, 0.5) is 11.4 Å². The fourth-order valence-corrected chi connectivity index (χ4v) is 3.74. The van der Waals surface area contributed by atoms with E-state index in [1.807, 2.05) is 32.0 Å². The minimum atomic E-state index is -3.58. The van der Waals surface area contributed by atoms with Crippen molar-refractivity contribution in [2.75, 3.05) is 36.6 Å². The van der Waals surface area contributed by atoms with Crippen LogP contribution in [0, 0.1) is 13.8 Å². The smallest absolute Gasteiger partial charge is 0.257 e. The number of methoxy groups -OCH3 is 2. The van der Waals surface area contributed by atoms with E-state index in [1.165, 1.54) is 33.4 Å². The van der Waals surface area contributed by atoms with Crippen LogP contribution in [0.15, 0.2) is 30.3 Å². The second-order valence-electron chi connectivity index (χ2n) is 6.42. The first-order valence-corrected chi connectivity index (χ1v) is 10.4. The van der Waals surface area contributed by atoms with Crippen molar-refractivity contribution >= 4 is 27.3 Å². The van der Waals surface area contributed by atoms with Gasteiger partial charge in [0.1, 0.15) is 0 Å². The molecule has 0 aliphatic carbocycles. The third-order valence-corrected chi connectivity index (χ3v) is 6.11. The molecule has 2 rings (SSSR count). The zero-order valence-electron chi connectivity index (χ0n) is 17.0. The van der Waals surface area contributed by atoms with Crippen molar-refractivity contribution in [2.45, 2.75) is 20.8 Å². The van der Waals surface area contributed by atoms with Crippen LogP contribution in [-0.2, 0) is 10.0 Å². The minimum Gasteiger partial charge on any atom is -0.493 e. The number of nitrogens with zero attached hydrogens (tertiary/aromatic N) is 1. The van der Waals surface area contributed by atoms with Gasteiger partial charge in [-0.15, -0.1) is 0 Å². The van der Waals surface area contributed by atoms with E-state index < -0.39 is 15.9 Å². The molecule has 152 valence electrons. The lowest BCUT2D eigenvalue weighted by Crippen LogP contribution is -2.30. The molecule has 0 heterocycles. The van der Waals surface area contributed by atoms with Crippen LogP contribution < -0.4 is 19.1 Å². The first-order chi connectivity index (χ1) is 13.1. The molecule has 0 radical (unpaired) electrons. The van der Waals surface area contributed by atoms with Crippen LogP contribution in [0.2, 0.25) is 0 Å². The third-order valence-electron chi connectivity index (χ3n) is 4.35. The van der Waals surface area contributed by atoms with Crippen molar-refractivity contribution in [2.24, 2.45) is 0 Å². The summed E-state index contributed by atoms with van der Waals surface area (Å²) >= 11 is 0. The van der Waals surface area contributed by atoms with E-state index in [9.17, 15) is 13.2 Å². The third kappa shape index (κ3) is 4.56. The van der Waals surface area contributed by atoms with Crippen LogP contribution in [0.25, 0.3) is 0 Å². The van der Waals surface area contributed by atoms with Crippen LogP contribution in [0.1, 0.15) is 28.4 Å². The Balaban J connectivity index is 2.58. The van der Waals surface area contributed by atoms with Crippen LogP contribution in [-0.4, -0.2) is 41.3 Å². The lowest BCUT2D eigenvalue weighted by Gasteiger charge is -2.23. The van der Waals surface area contributed by atoms with Gasteiger partial charge in [-0.05, 0) is 50.1 Å². The molecule has 0 aromatic heterocycles. The quantitative estimate of drug-likeness (QED) is 0.762. The van der Waals surface area contributed by atoms with Gasteiger partial charge in [-0.3, -0.25) is 9.10 Å². The number of benzene rings is 2. The largest absolute Gasteiger partial charge is 0.493 e. The number of hydrogen-bond donors (Lipinski definition) is 1. The van der Waals surface area contributed by atoms with Gasteiger partial charge in [-0.2, -0.15) is 0 Å². The van der Waals surface area contributed by atoms with E-state index in [4.69, 9.17) is 9.47 Å². The number of rotatable bonds is 7. The number of nitrogens with one attached hydrogen (secondary N) is 1. The van der Waals surface area contributed by atoms with E-state index >= 15 is 0 Å². The zero-order valence-corrected chi connectivity index (χ0v) is 17.8. The first kappa shape index (κ1) is 21.6. The number of sulfonamides is 1. The molecule has 2 aromatic rings. The van der Waals surface area contributed by atoms with Gasteiger partial charge in [0.05, 0.1) is 31.2 Å². The van der Waals surface area contributed by atoms with Crippen LogP contribution >= 0.6 is 0 Å². The number of amides is 1. The van der Waals surface area contributed by atoms with Crippen molar-refractivity contribution in [3.63, 3.8) is 0 Å². The molecule has 8 heteroatoms. The normalized spacial score (nSPS) is 11.1. The summed E-state index contributed by atoms with van der Waals surface area (Å²) in [5.74, 6) is 0.118. The Hall–Kier alpha value is -2.74. The molecule has 0 aliphatic rings. The molecule has 0 bridgehead atoms. The number of ether oxygens (including phenoxy) is 2. The zero-order chi connectivity index (χ0) is 21.1. The van der Waals surface area contributed by atoms with Crippen LogP contribution in [0.5, 0.6) is 11.5 Å². The summed E-state index contributed by atoms with van der Waals surface area (Å²) in [7, 11) is 0.733. The van der Waals surface area contributed by atoms with Crippen molar-refractivity contribution in [3.8, 4) is 11.5 Å². The van der Waals surface area contributed by atoms with Gasteiger partial charge >= 0.3 is 0 Å². The molecular formula is C20H26N2O5S. The molecule has 0 unspecified atom stereocenters. The molecule has 7 nitrogen and oxygen atoms in total. The standard InChI is InChI=1S/C20H26N2O5S/c1-7-28(24,25)22(4)17-12-19(27-6)18(26-5)11-16(17)20(23)21-15-9-13(2)8-14(3)10-15/h8-12H,7H2,1-6H3,(H,21,23). The maximum absolute atomic E-state index is 13.0. The fraction of sp³-hybridized carbons (Fsp3) is 0.350. The maximum atomic E-state index is 13.0. The van der Waals surface area contributed by atoms with Gasteiger partial charge in [-0.1, -0.05) is 6.07 Å². The Bertz CT molecular complexity index is 966. The Morgan fingerprint density at radius 3 is 2.04 bits per heavy atom. The maximum Gasteiger partial charge on any atom is 0.257 e. The summed E-state index contributed by atoms with van der Waals surface area (Å²) in [6.45, 7) is 5.42. The Morgan fingerprint density at radius 1 is 1.00 bits per heavy atom. The number of carbonyl (C=O) groups excluding carboxylic acids is 1. The van der Waals surface area contributed by atoms with Gasteiger partial charge in [0.15, 0.2) is 11.5 Å². The lowest BCUT2D eigenvalue weighted by atomic mass is 10.1. The van der Waals surface area contributed by atoms with Crippen molar-refractivity contribution in [3.05, 3.63) is 47.0 Å². The van der Waals surface area contributed by atoms with E-state index in [-0.39, 0.29) is 17.0 Å². The minimum absolute atomic E-state index is 0.101. The molecule has 0 saturated carbocycles. The number of hydrogen-bond acceptors (Lipinski definition) is 5. The van der Waals surface area contributed by atoms with Crippen molar-refractivity contribution < 1.29 is 22.7 Å². The monoisotopic (exact) mass is 406 g/mol. The molecule has 28 heavy (non-hydrogen) atoms. The molecule has 2 aromatic carbocycles. The van der Waals surface area contributed by atoms with Gasteiger partial charge in [0.2, 0.25) is 10.0 Å². The van der Waals surface area contributed by atoms with Gasteiger partial charge in [0.25, 0.3) is 5.91 Å². The van der Waals surface area contributed by atoms with E-state index in [0.29, 0.717) is 17.2 Å². The van der Waals surface area contributed by atoms with E-state index in [0.717, 1.165) is 15.4 Å². The van der Waals surface area contributed by atoms with Gasteiger partial charge < -0.3 is 14.8 Å². The lowest BCUT2D eigenvalue weighted by molar-refractivity contribution is 0.102. The second-order valence-corrected chi connectivity index (χ2v) is 8.71. The summed E-state index contributed by atoms with van der Waals surface area (Å²) < 4.78 is 36.5. The predicted octanol–water partition coefficient (Wildman–Crippen LogP) is 3.36. The number of anilines is 2. The van der Waals surface area contributed by atoms with E-state index in [2.05, 4.69) is 5.32 Å². The number of aryl methyl sites for hydroxylation is 2. The highest BCUT2D eigenvalue weighted by Gasteiger charge is 2.25. The highest BCUT2D eigenvalue weighted by molar-refractivity contribution is 7.92. The van der Waals surface area contributed by atoms with Gasteiger partial charge in [0, 0.05) is 18.8 Å². The molecule has 0 atom stereocenters. The topological polar surface area (TPSA) is 84.9 Å². The highest BCUT2D eigenvalue weighted by Crippen LogP contribution is 2.36.